The Kier molecular flexibility index (Phi) is 3.22. The smallest absolute Gasteiger partial charge is 0.197 e. The molecular formula is C11H10ClNO3S. The number of phenols is 1. The minimum absolute atomic E-state index is 0.00724. The molecule has 0 aliphatic heterocycles. The zero-order valence-electron chi connectivity index (χ0n) is 8.80. The lowest BCUT2D eigenvalue weighted by molar-refractivity contribution is 0.476. The van der Waals surface area contributed by atoms with Crippen LogP contribution < -0.4 is 0 Å². The van der Waals surface area contributed by atoms with Crippen molar-refractivity contribution in [2.75, 3.05) is 11.6 Å². The number of pyridine rings is 1. The van der Waals surface area contributed by atoms with Crippen LogP contribution in [0.2, 0.25) is 0 Å². The largest absolute Gasteiger partial charge is 0.508 e. The molecule has 0 atom stereocenters. The first-order chi connectivity index (χ1) is 8.04. The van der Waals surface area contributed by atoms with Crippen molar-refractivity contribution >= 4 is 32.2 Å². The van der Waals surface area contributed by atoms with E-state index >= 15 is 0 Å². The Morgan fingerprint density at radius 1 is 1.29 bits per heavy atom. The molecule has 0 saturated heterocycles. The van der Waals surface area contributed by atoms with Crippen molar-refractivity contribution in [2.24, 2.45) is 0 Å². The number of phenolic OH excluding ortho intramolecular Hbond substituents is 1. The third kappa shape index (κ3) is 2.35. The fourth-order valence-corrected chi connectivity index (χ4v) is 3.31. The van der Waals surface area contributed by atoms with Crippen molar-refractivity contribution in [2.45, 2.75) is 5.03 Å². The zero-order chi connectivity index (χ0) is 12.5. The van der Waals surface area contributed by atoms with E-state index in [1.54, 1.807) is 12.1 Å². The summed E-state index contributed by atoms with van der Waals surface area (Å²) in [6.07, 6.45) is 1.43. The van der Waals surface area contributed by atoms with Gasteiger partial charge in [0.15, 0.2) is 14.9 Å². The Morgan fingerprint density at radius 3 is 2.76 bits per heavy atom. The number of aromatic hydroxyl groups is 1. The van der Waals surface area contributed by atoms with Crippen LogP contribution in [0.15, 0.2) is 35.5 Å². The summed E-state index contributed by atoms with van der Waals surface area (Å²) in [6, 6.07) is 6.23. The third-order valence-electron chi connectivity index (χ3n) is 2.35. The minimum atomic E-state index is -3.51. The molecule has 0 fully saturated rings. The van der Waals surface area contributed by atoms with Gasteiger partial charge in [0.1, 0.15) is 5.75 Å². The lowest BCUT2D eigenvalue weighted by Gasteiger charge is -2.06. The van der Waals surface area contributed by atoms with Crippen molar-refractivity contribution in [1.82, 2.24) is 4.98 Å². The average molecular weight is 272 g/mol. The molecule has 2 rings (SSSR count). The van der Waals surface area contributed by atoms with E-state index in [0.29, 0.717) is 10.8 Å². The second kappa shape index (κ2) is 4.50. The Balaban J connectivity index is 2.74. The van der Waals surface area contributed by atoms with Crippen molar-refractivity contribution in [3.05, 3.63) is 30.5 Å². The van der Waals surface area contributed by atoms with Crippen LogP contribution in [0, 0.1) is 0 Å². The Labute approximate surface area is 104 Å². The number of hydrogen-bond acceptors (Lipinski definition) is 4. The van der Waals surface area contributed by atoms with Gasteiger partial charge >= 0.3 is 0 Å². The summed E-state index contributed by atoms with van der Waals surface area (Å²) >= 11 is 5.46. The highest BCUT2D eigenvalue weighted by Crippen LogP contribution is 2.25. The lowest BCUT2D eigenvalue weighted by atomic mass is 10.2. The summed E-state index contributed by atoms with van der Waals surface area (Å²) in [5, 5.41) is 10.5. The molecule has 1 heterocycles. The highest BCUT2D eigenvalue weighted by molar-refractivity contribution is 7.91. The summed E-state index contributed by atoms with van der Waals surface area (Å²) < 4.78 is 23.9. The maximum atomic E-state index is 11.9. The molecule has 4 nitrogen and oxygen atoms in total. The molecule has 0 radical (unpaired) electrons. The Hall–Kier alpha value is -1.33. The van der Waals surface area contributed by atoms with E-state index in [1.807, 2.05) is 0 Å². The second-order valence-electron chi connectivity index (χ2n) is 3.53. The first-order valence-electron chi connectivity index (χ1n) is 4.91. The van der Waals surface area contributed by atoms with Gasteiger partial charge in [-0.2, -0.15) is 0 Å². The van der Waals surface area contributed by atoms with Gasteiger partial charge in [0.2, 0.25) is 0 Å². The fraction of sp³-hybridized carbons (Fsp3) is 0.182. The molecule has 0 spiro atoms. The van der Waals surface area contributed by atoms with E-state index in [0.717, 1.165) is 0 Å². The Bertz CT molecular complexity index is 655. The molecule has 0 aliphatic carbocycles. The number of hydrogen-bond donors (Lipinski definition) is 1. The van der Waals surface area contributed by atoms with Crippen LogP contribution in [0.25, 0.3) is 10.8 Å². The molecule has 0 unspecified atom stereocenters. The lowest BCUT2D eigenvalue weighted by Crippen LogP contribution is -2.10. The molecular weight excluding hydrogens is 262 g/mol. The molecule has 0 amide bonds. The predicted molar refractivity (Wildman–Crippen MR) is 66.2 cm³/mol. The summed E-state index contributed by atoms with van der Waals surface area (Å²) in [4.78, 5) is 3.88. The molecule has 0 aliphatic rings. The molecule has 2 aromatic rings. The summed E-state index contributed by atoms with van der Waals surface area (Å²) in [5.74, 6) is -0.150. The van der Waals surface area contributed by atoms with E-state index in [2.05, 4.69) is 4.98 Å². The van der Waals surface area contributed by atoms with Crippen LogP contribution in [-0.2, 0) is 9.84 Å². The van der Waals surface area contributed by atoms with E-state index in [1.165, 1.54) is 18.3 Å². The first-order valence-corrected chi connectivity index (χ1v) is 7.10. The number of halogens is 1. The quantitative estimate of drug-likeness (QED) is 0.867. The van der Waals surface area contributed by atoms with Crippen molar-refractivity contribution in [3.63, 3.8) is 0 Å². The third-order valence-corrected chi connectivity index (χ3v) is 4.42. The maximum Gasteiger partial charge on any atom is 0.197 e. The van der Waals surface area contributed by atoms with E-state index in [-0.39, 0.29) is 22.4 Å². The van der Waals surface area contributed by atoms with Gasteiger partial charge in [0.05, 0.1) is 5.75 Å². The average Bonchev–Trinajstić information content (AvgIpc) is 2.28. The van der Waals surface area contributed by atoms with E-state index in [4.69, 9.17) is 11.6 Å². The molecule has 17 heavy (non-hydrogen) atoms. The number of nitrogens with zero attached hydrogens (tertiary/aromatic N) is 1. The van der Waals surface area contributed by atoms with E-state index < -0.39 is 9.84 Å². The summed E-state index contributed by atoms with van der Waals surface area (Å²) in [6.45, 7) is 0. The number of fused-ring (bicyclic) bond motifs is 1. The topological polar surface area (TPSA) is 67.3 Å². The van der Waals surface area contributed by atoms with Gasteiger partial charge in [-0.1, -0.05) is 6.07 Å². The van der Waals surface area contributed by atoms with Gasteiger partial charge in [-0.15, -0.1) is 11.6 Å². The first kappa shape index (κ1) is 12.1. The van der Waals surface area contributed by atoms with Gasteiger partial charge in [0, 0.05) is 17.5 Å². The minimum Gasteiger partial charge on any atom is -0.508 e. The molecule has 6 heteroatoms. The van der Waals surface area contributed by atoms with E-state index in [9.17, 15) is 13.5 Å². The van der Waals surface area contributed by atoms with Crippen molar-refractivity contribution < 1.29 is 13.5 Å². The SMILES string of the molecule is O=S(=O)(CCCl)c1nccc2ccc(O)cc12. The number of sulfone groups is 1. The van der Waals surface area contributed by atoms with Crippen molar-refractivity contribution in [3.8, 4) is 5.75 Å². The van der Waals surface area contributed by atoms with Crippen LogP contribution >= 0.6 is 11.6 Å². The number of rotatable bonds is 3. The van der Waals surface area contributed by atoms with Crippen LogP contribution in [0.4, 0.5) is 0 Å². The highest BCUT2D eigenvalue weighted by Gasteiger charge is 2.18. The van der Waals surface area contributed by atoms with Gasteiger partial charge in [-0.05, 0) is 23.6 Å². The fourth-order valence-electron chi connectivity index (χ4n) is 1.58. The Morgan fingerprint density at radius 2 is 2.06 bits per heavy atom. The summed E-state index contributed by atoms with van der Waals surface area (Å²) in [5.41, 5.74) is 0. The van der Waals surface area contributed by atoms with Gasteiger partial charge in [-0.3, -0.25) is 0 Å². The number of alkyl halides is 1. The van der Waals surface area contributed by atoms with Crippen LogP contribution in [-0.4, -0.2) is 30.1 Å². The summed E-state index contributed by atoms with van der Waals surface area (Å²) in [7, 11) is -3.51. The van der Waals surface area contributed by atoms with Crippen LogP contribution in [0.3, 0.4) is 0 Å². The molecule has 1 aromatic heterocycles. The molecule has 0 saturated carbocycles. The van der Waals surface area contributed by atoms with Crippen LogP contribution in [0.1, 0.15) is 0 Å². The van der Waals surface area contributed by atoms with Crippen LogP contribution in [0.5, 0.6) is 5.75 Å². The molecule has 90 valence electrons. The highest BCUT2D eigenvalue weighted by atomic mass is 35.5. The maximum absolute atomic E-state index is 11.9. The predicted octanol–water partition coefficient (Wildman–Crippen LogP) is 1.95. The molecule has 1 N–H and O–H groups in total. The number of benzene rings is 1. The molecule has 1 aromatic carbocycles. The van der Waals surface area contributed by atoms with Gasteiger partial charge in [-0.25, -0.2) is 13.4 Å². The van der Waals surface area contributed by atoms with Gasteiger partial charge in [0.25, 0.3) is 0 Å². The van der Waals surface area contributed by atoms with Crippen molar-refractivity contribution in [1.29, 1.82) is 0 Å². The monoisotopic (exact) mass is 271 g/mol. The standard InChI is InChI=1S/C11H10ClNO3S/c12-4-6-17(15,16)11-10-7-9(14)2-1-8(10)3-5-13-11/h1-3,5,7,14H,4,6H2. The second-order valence-corrected chi connectivity index (χ2v) is 5.93. The zero-order valence-corrected chi connectivity index (χ0v) is 10.4. The molecule has 0 bridgehead atoms. The normalized spacial score (nSPS) is 11.8. The number of aromatic nitrogens is 1. The van der Waals surface area contributed by atoms with Gasteiger partial charge < -0.3 is 5.11 Å².